The second kappa shape index (κ2) is 5.72. The van der Waals surface area contributed by atoms with E-state index in [1.54, 1.807) is 19.2 Å². The zero-order chi connectivity index (χ0) is 12.1. The van der Waals surface area contributed by atoms with E-state index >= 15 is 0 Å². The summed E-state index contributed by atoms with van der Waals surface area (Å²) in [7, 11) is 1.54. The van der Waals surface area contributed by atoms with Gasteiger partial charge in [0.25, 0.3) is 0 Å². The molecule has 1 atom stereocenters. The van der Waals surface area contributed by atoms with Gasteiger partial charge in [-0.05, 0) is 24.6 Å². The van der Waals surface area contributed by atoms with Crippen LogP contribution in [-0.2, 0) is 4.79 Å². The van der Waals surface area contributed by atoms with Crippen LogP contribution in [0, 0.1) is 0 Å². The van der Waals surface area contributed by atoms with Crippen LogP contribution < -0.4 is 15.6 Å². The van der Waals surface area contributed by atoms with Crippen molar-refractivity contribution in [1.82, 2.24) is 0 Å². The number of hydrogen-bond acceptors (Lipinski definition) is 3. The Morgan fingerprint density at radius 2 is 2.31 bits per heavy atom. The fraction of sp³-hybridized carbons (Fsp3) is 0.364. The Morgan fingerprint density at radius 3 is 2.81 bits per heavy atom. The van der Waals surface area contributed by atoms with Crippen molar-refractivity contribution in [3.8, 4) is 5.75 Å². The Balaban J connectivity index is 2.72. The van der Waals surface area contributed by atoms with Crippen molar-refractivity contribution >= 4 is 17.6 Å². The highest BCUT2D eigenvalue weighted by Crippen LogP contribution is 2.27. The van der Waals surface area contributed by atoms with Gasteiger partial charge in [-0.25, -0.2) is 0 Å². The Kier molecular flexibility index (Phi) is 4.58. The fourth-order valence-electron chi connectivity index (χ4n) is 1.40. The molecule has 0 unspecified atom stereocenters. The van der Waals surface area contributed by atoms with E-state index < -0.39 is 5.97 Å². The summed E-state index contributed by atoms with van der Waals surface area (Å²) in [6.45, 7) is 0. The second-order valence-corrected chi connectivity index (χ2v) is 3.91. The predicted molar refractivity (Wildman–Crippen MR) is 57.9 cm³/mol. The first-order valence-electron chi connectivity index (χ1n) is 4.91. The van der Waals surface area contributed by atoms with Gasteiger partial charge in [-0.2, -0.15) is 0 Å². The largest absolute Gasteiger partial charge is 0.550 e. The molecule has 16 heavy (non-hydrogen) atoms. The first kappa shape index (κ1) is 12.8. The molecular formula is C11H14ClNO3. The molecule has 0 radical (unpaired) electrons. The van der Waals surface area contributed by atoms with Gasteiger partial charge in [-0.15, -0.1) is 0 Å². The van der Waals surface area contributed by atoms with E-state index in [0.717, 1.165) is 5.56 Å². The first-order chi connectivity index (χ1) is 7.54. The molecule has 1 aromatic carbocycles. The van der Waals surface area contributed by atoms with Gasteiger partial charge in [0.2, 0.25) is 0 Å². The molecule has 0 heterocycles. The Bertz CT molecular complexity index is 381. The maximum atomic E-state index is 10.3. The van der Waals surface area contributed by atoms with Crippen LogP contribution in [0.1, 0.15) is 24.4 Å². The SMILES string of the molecule is COc1ccc([C@H]([NH3+])CCC(=O)[O-])cc1Cl. The summed E-state index contributed by atoms with van der Waals surface area (Å²) in [5.74, 6) is -0.467. The number of rotatable bonds is 5. The maximum absolute atomic E-state index is 10.3. The molecule has 4 nitrogen and oxygen atoms in total. The van der Waals surface area contributed by atoms with Crippen LogP contribution in [0.25, 0.3) is 0 Å². The lowest BCUT2D eigenvalue weighted by Gasteiger charge is -2.11. The van der Waals surface area contributed by atoms with Crippen LogP contribution in [0.2, 0.25) is 5.02 Å². The van der Waals surface area contributed by atoms with Crippen molar-refractivity contribution in [2.45, 2.75) is 18.9 Å². The van der Waals surface area contributed by atoms with Crippen molar-refractivity contribution in [2.24, 2.45) is 0 Å². The quantitative estimate of drug-likeness (QED) is 0.800. The van der Waals surface area contributed by atoms with Gasteiger partial charge in [0.15, 0.2) is 0 Å². The third kappa shape index (κ3) is 3.40. The highest BCUT2D eigenvalue weighted by molar-refractivity contribution is 6.32. The summed E-state index contributed by atoms with van der Waals surface area (Å²) in [5, 5.41) is 10.8. The summed E-state index contributed by atoms with van der Waals surface area (Å²) in [5.41, 5.74) is 4.78. The standard InChI is InChI=1S/C11H14ClNO3/c1-16-10-4-2-7(6-8(10)12)9(13)3-5-11(14)15/h2,4,6,9H,3,5,13H2,1H3,(H,14,15)/t9-/m1/s1. The number of carbonyl (C=O) groups excluding carboxylic acids is 1. The van der Waals surface area contributed by atoms with E-state index in [4.69, 9.17) is 16.3 Å². The lowest BCUT2D eigenvalue weighted by molar-refractivity contribution is -0.428. The third-order valence-corrected chi connectivity index (χ3v) is 2.64. The van der Waals surface area contributed by atoms with Crippen molar-refractivity contribution in [3.63, 3.8) is 0 Å². The van der Waals surface area contributed by atoms with Gasteiger partial charge in [0.05, 0.1) is 12.1 Å². The zero-order valence-electron chi connectivity index (χ0n) is 9.03. The number of quaternary nitrogens is 1. The van der Waals surface area contributed by atoms with Crippen molar-refractivity contribution in [3.05, 3.63) is 28.8 Å². The minimum Gasteiger partial charge on any atom is -0.550 e. The molecule has 0 saturated carbocycles. The summed E-state index contributed by atoms with van der Waals surface area (Å²) < 4.78 is 5.02. The average molecular weight is 244 g/mol. The molecule has 0 aliphatic carbocycles. The first-order valence-corrected chi connectivity index (χ1v) is 5.28. The summed E-state index contributed by atoms with van der Waals surface area (Å²) in [4.78, 5) is 10.3. The topological polar surface area (TPSA) is 77.0 Å². The van der Waals surface area contributed by atoms with Crippen LogP contribution in [0.4, 0.5) is 0 Å². The number of aliphatic carboxylic acids is 1. The normalized spacial score (nSPS) is 12.2. The molecule has 88 valence electrons. The number of hydrogen-bond donors (Lipinski definition) is 1. The van der Waals surface area contributed by atoms with Crippen LogP contribution in [0.3, 0.4) is 0 Å². The van der Waals surface area contributed by atoms with E-state index in [0.29, 0.717) is 17.2 Å². The third-order valence-electron chi connectivity index (χ3n) is 2.34. The highest BCUT2D eigenvalue weighted by Gasteiger charge is 2.11. The number of methoxy groups -OCH3 is 1. The monoisotopic (exact) mass is 243 g/mol. The number of carboxylic acid groups (broad SMARTS) is 1. The van der Waals surface area contributed by atoms with Crippen LogP contribution in [0.15, 0.2) is 18.2 Å². The predicted octanol–water partition coefficient (Wildman–Crippen LogP) is 0.162. The Hall–Kier alpha value is -1.26. The van der Waals surface area contributed by atoms with Gasteiger partial charge in [0, 0.05) is 18.0 Å². The van der Waals surface area contributed by atoms with Crippen LogP contribution in [0.5, 0.6) is 5.75 Å². The van der Waals surface area contributed by atoms with Crippen LogP contribution >= 0.6 is 11.6 Å². The molecule has 1 rings (SSSR count). The Labute approximate surface area is 99.0 Å². The van der Waals surface area contributed by atoms with E-state index in [1.165, 1.54) is 0 Å². The lowest BCUT2D eigenvalue weighted by Crippen LogP contribution is -2.53. The number of halogens is 1. The zero-order valence-corrected chi connectivity index (χ0v) is 9.79. The average Bonchev–Trinajstić information content (AvgIpc) is 2.25. The minimum atomic E-state index is -1.06. The smallest absolute Gasteiger partial charge is 0.137 e. The Morgan fingerprint density at radius 1 is 1.62 bits per heavy atom. The van der Waals surface area contributed by atoms with Crippen molar-refractivity contribution < 1.29 is 20.4 Å². The van der Waals surface area contributed by atoms with E-state index in [-0.39, 0.29) is 12.5 Å². The molecule has 0 fully saturated rings. The molecular weight excluding hydrogens is 230 g/mol. The van der Waals surface area contributed by atoms with Gasteiger partial charge in [-0.3, -0.25) is 0 Å². The van der Waals surface area contributed by atoms with E-state index in [9.17, 15) is 9.90 Å². The molecule has 1 aromatic rings. The fourth-order valence-corrected chi connectivity index (χ4v) is 1.66. The molecule has 0 bridgehead atoms. The van der Waals surface area contributed by atoms with E-state index in [2.05, 4.69) is 5.73 Å². The molecule has 0 aliphatic heterocycles. The van der Waals surface area contributed by atoms with Crippen LogP contribution in [-0.4, -0.2) is 13.1 Å². The number of benzene rings is 1. The molecule has 0 aliphatic rings. The molecule has 5 heteroatoms. The minimum absolute atomic E-state index is 0.00217. The number of carboxylic acids is 1. The second-order valence-electron chi connectivity index (χ2n) is 3.50. The summed E-state index contributed by atoms with van der Waals surface area (Å²) in [6.07, 6.45) is 0.433. The van der Waals surface area contributed by atoms with Gasteiger partial charge in [-0.1, -0.05) is 11.6 Å². The highest BCUT2D eigenvalue weighted by atomic mass is 35.5. The van der Waals surface area contributed by atoms with Crippen molar-refractivity contribution in [1.29, 1.82) is 0 Å². The number of ether oxygens (including phenoxy) is 1. The van der Waals surface area contributed by atoms with E-state index in [1.807, 2.05) is 6.07 Å². The van der Waals surface area contributed by atoms with Gasteiger partial charge in [0.1, 0.15) is 11.8 Å². The van der Waals surface area contributed by atoms with Crippen molar-refractivity contribution in [2.75, 3.05) is 7.11 Å². The number of carbonyl (C=O) groups is 1. The molecule has 0 saturated heterocycles. The summed E-state index contributed by atoms with van der Waals surface area (Å²) in [6, 6.07) is 5.21. The molecule has 0 amide bonds. The molecule has 0 spiro atoms. The molecule has 0 aromatic heterocycles. The van der Waals surface area contributed by atoms with Gasteiger partial charge < -0.3 is 20.4 Å². The van der Waals surface area contributed by atoms with Gasteiger partial charge >= 0.3 is 0 Å². The maximum Gasteiger partial charge on any atom is 0.137 e. The summed E-state index contributed by atoms with van der Waals surface area (Å²) >= 11 is 5.95. The molecule has 3 N–H and O–H groups in total. The lowest BCUT2D eigenvalue weighted by atomic mass is 10.0.